The molecule has 1 rings (SSSR count). The molecule has 0 aliphatic heterocycles. The third-order valence-electron chi connectivity index (χ3n) is 1.01. The molecule has 0 aromatic heterocycles. The average molecular weight is 173 g/mol. The summed E-state index contributed by atoms with van der Waals surface area (Å²) in [6.07, 6.45) is 0. The Bertz CT molecular complexity index is 150. The van der Waals surface area contributed by atoms with E-state index in [2.05, 4.69) is 0 Å². The molecule has 0 saturated carbocycles. The molecule has 0 aliphatic rings. The van der Waals surface area contributed by atoms with Crippen LogP contribution in [0.3, 0.4) is 0 Å². The van der Waals surface area contributed by atoms with Crippen molar-refractivity contribution >= 4 is 0 Å². The number of benzene rings is 1. The Kier molecular flexibility index (Phi) is 4.56. The Morgan fingerprint density at radius 1 is 1.11 bits per heavy atom. The van der Waals surface area contributed by atoms with Crippen molar-refractivity contribution in [3.63, 3.8) is 0 Å². The minimum absolute atomic E-state index is 0. The van der Waals surface area contributed by atoms with Gasteiger partial charge in [-0.3, -0.25) is 0 Å². The third-order valence-corrected chi connectivity index (χ3v) is 1.01. The topological polar surface area (TPSA) is 19.9 Å². The number of rotatable bonds is 1. The van der Waals surface area contributed by atoms with E-state index in [4.69, 9.17) is 0 Å². The van der Waals surface area contributed by atoms with Gasteiger partial charge in [0.2, 0.25) is 0 Å². The molecule has 2 heteroatoms. The van der Waals surface area contributed by atoms with E-state index < -0.39 is 0 Å². The Morgan fingerprint density at radius 2 is 1.67 bits per heavy atom. The smallest absolute Gasteiger partial charge is 0.107 e. The molecule has 0 atom stereocenters. The first-order valence-corrected chi connectivity index (χ1v) is 2.55. The molecule has 0 unspecified atom stereocenters. The van der Waals surface area contributed by atoms with Gasteiger partial charge in [0.25, 0.3) is 0 Å². The van der Waals surface area contributed by atoms with Gasteiger partial charge >= 0.3 is 0 Å². The predicted molar refractivity (Wildman–Crippen MR) is 30.8 cm³/mol. The first-order valence-electron chi connectivity index (χ1n) is 2.55. The quantitative estimate of drug-likeness (QED) is 0.574. The zero-order valence-electron chi connectivity index (χ0n) is 5.21. The molecule has 9 heavy (non-hydrogen) atoms. The van der Waals surface area contributed by atoms with Crippen LogP contribution in [0.5, 0.6) is 0 Å². The molecule has 0 fully saturated rings. The molecule has 0 aliphatic carbocycles. The van der Waals surface area contributed by atoms with Crippen LogP contribution < -0.4 is 0 Å². The van der Waals surface area contributed by atoms with Crippen molar-refractivity contribution in [3.8, 4) is 0 Å². The molecular formula is C7H7OZn. The van der Waals surface area contributed by atoms with Crippen molar-refractivity contribution in [1.29, 1.82) is 0 Å². The summed E-state index contributed by atoms with van der Waals surface area (Å²) in [7, 11) is 0. The fourth-order valence-corrected chi connectivity index (χ4v) is 0.574. The van der Waals surface area contributed by atoms with E-state index >= 15 is 0 Å². The molecule has 0 saturated heterocycles. The van der Waals surface area contributed by atoms with E-state index in [1.807, 2.05) is 30.3 Å². The van der Waals surface area contributed by atoms with Gasteiger partial charge in [0.15, 0.2) is 0 Å². The number of hydrogen-bond acceptors (Lipinski definition) is 0. The number of hydrogen-bond donors (Lipinski definition) is 0. The van der Waals surface area contributed by atoms with Crippen LogP contribution in [0.25, 0.3) is 0 Å². The van der Waals surface area contributed by atoms with Gasteiger partial charge in [-0.25, -0.2) is 5.11 Å². The standard InChI is InChI=1S/C7H7O.Zn/c8-6-7-4-2-1-3-5-7;/h1-5H,6H2;. The molecule has 0 spiro atoms. The molecular weight excluding hydrogens is 165 g/mol. The summed E-state index contributed by atoms with van der Waals surface area (Å²) in [5.74, 6) is 0. The summed E-state index contributed by atoms with van der Waals surface area (Å²) in [5.41, 5.74) is 0.854. The van der Waals surface area contributed by atoms with E-state index in [1.165, 1.54) is 0 Å². The summed E-state index contributed by atoms with van der Waals surface area (Å²) in [6, 6.07) is 9.29. The van der Waals surface area contributed by atoms with E-state index in [0.717, 1.165) is 5.56 Å². The van der Waals surface area contributed by atoms with E-state index in [9.17, 15) is 5.11 Å². The Labute approximate surface area is 67.5 Å². The molecule has 43 valence electrons. The van der Waals surface area contributed by atoms with Crippen LogP contribution in [0.1, 0.15) is 5.56 Å². The minimum Gasteiger partial charge on any atom is -0.232 e. The van der Waals surface area contributed by atoms with Crippen LogP contribution in [0.15, 0.2) is 30.3 Å². The van der Waals surface area contributed by atoms with Crippen molar-refractivity contribution < 1.29 is 24.6 Å². The van der Waals surface area contributed by atoms with Crippen molar-refractivity contribution in [2.24, 2.45) is 0 Å². The van der Waals surface area contributed by atoms with E-state index in [1.54, 1.807) is 0 Å². The van der Waals surface area contributed by atoms with Gasteiger partial charge in [0.05, 0.1) is 0 Å². The molecule has 1 aromatic rings. The second-order valence-corrected chi connectivity index (χ2v) is 1.63. The summed E-state index contributed by atoms with van der Waals surface area (Å²) in [6.45, 7) is -0.110. The maximum atomic E-state index is 10.1. The third kappa shape index (κ3) is 2.73. The van der Waals surface area contributed by atoms with Crippen LogP contribution in [0.2, 0.25) is 0 Å². The van der Waals surface area contributed by atoms with Crippen LogP contribution in [0.4, 0.5) is 0 Å². The van der Waals surface area contributed by atoms with Crippen molar-refractivity contribution in [2.75, 3.05) is 0 Å². The van der Waals surface area contributed by atoms with Gasteiger partial charge in [0, 0.05) is 19.5 Å². The second-order valence-electron chi connectivity index (χ2n) is 1.63. The van der Waals surface area contributed by atoms with Crippen molar-refractivity contribution in [3.05, 3.63) is 35.9 Å². The Morgan fingerprint density at radius 3 is 2.00 bits per heavy atom. The SMILES string of the molecule is [O]Cc1ccccc1.[Zn]. The first kappa shape index (κ1) is 8.80. The fraction of sp³-hybridized carbons (Fsp3) is 0.143. The monoisotopic (exact) mass is 171 g/mol. The van der Waals surface area contributed by atoms with E-state index in [-0.39, 0.29) is 26.1 Å². The normalized spacial score (nSPS) is 8.11. The summed E-state index contributed by atoms with van der Waals surface area (Å²) < 4.78 is 0. The van der Waals surface area contributed by atoms with Gasteiger partial charge in [0.1, 0.15) is 6.61 Å². The molecule has 0 amide bonds. The molecule has 1 nitrogen and oxygen atoms in total. The maximum Gasteiger partial charge on any atom is 0.107 e. The second kappa shape index (κ2) is 4.66. The Hall–Kier alpha value is -0.197. The zero-order chi connectivity index (χ0) is 5.82. The summed E-state index contributed by atoms with van der Waals surface area (Å²) in [5, 5.41) is 10.1. The average Bonchev–Trinajstić information content (AvgIpc) is 1.90. The van der Waals surface area contributed by atoms with Gasteiger partial charge in [-0.05, 0) is 5.56 Å². The summed E-state index contributed by atoms with van der Waals surface area (Å²) >= 11 is 0. The van der Waals surface area contributed by atoms with Crippen molar-refractivity contribution in [2.45, 2.75) is 6.61 Å². The van der Waals surface area contributed by atoms with Gasteiger partial charge in [-0.2, -0.15) is 0 Å². The largest absolute Gasteiger partial charge is 0.232 e. The Balaban J connectivity index is 0.000000640. The fourth-order valence-electron chi connectivity index (χ4n) is 0.574. The van der Waals surface area contributed by atoms with Crippen molar-refractivity contribution in [1.82, 2.24) is 0 Å². The zero-order valence-corrected chi connectivity index (χ0v) is 8.18. The van der Waals surface area contributed by atoms with Crippen LogP contribution in [0, 0.1) is 0 Å². The van der Waals surface area contributed by atoms with Crippen LogP contribution in [-0.2, 0) is 31.2 Å². The predicted octanol–water partition coefficient (Wildman–Crippen LogP) is 1.61. The molecule has 0 N–H and O–H groups in total. The van der Waals surface area contributed by atoms with E-state index in [0.29, 0.717) is 0 Å². The maximum absolute atomic E-state index is 10.1. The van der Waals surface area contributed by atoms with Gasteiger partial charge in [-0.1, -0.05) is 30.3 Å². The minimum atomic E-state index is -0.110. The van der Waals surface area contributed by atoms with Gasteiger partial charge < -0.3 is 0 Å². The molecule has 0 heterocycles. The van der Waals surface area contributed by atoms with Crippen LogP contribution >= 0.6 is 0 Å². The van der Waals surface area contributed by atoms with Crippen LogP contribution in [-0.4, -0.2) is 0 Å². The summed E-state index contributed by atoms with van der Waals surface area (Å²) in [4.78, 5) is 0. The van der Waals surface area contributed by atoms with Gasteiger partial charge in [-0.15, -0.1) is 0 Å². The molecule has 0 bridgehead atoms. The molecule has 1 radical (unpaired) electrons. The first-order chi connectivity index (χ1) is 3.93. The molecule has 1 aromatic carbocycles.